The van der Waals surface area contributed by atoms with Crippen LogP contribution in [-0.4, -0.2) is 64.2 Å². The summed E-state index contributed by atoms with van der Waals surface area (Å²) in [7, 11) is 2.13. The van der Waals surface area contributed by atoms with E-state index >= 15 is 0 Å². The van der Waals surface area contributed by atoms with Crippen molar-refractivity contribution in [3.8, 4) is 0 Å². The van der Waals surface area contributed by atoms with Crippen molar-refractivity contribution in [3.63, 3.8) is 0 Å². The number of amides is 1. The highest BCUT2D eigenvalue weighted by molar-refractivity contribution is 7.99. The van der Waals surface area contributed by atoms with Crippen LogP contribution in [0.5, 0.6) is 0 Å². The first-order valence-electron chi connectivity index (χ1n) is 11.4. The summed E-state index contributed by atoms with van der Waals surface area (Å²) in [5.41, 5.74) is 1.72. The Morgan fingerprint density at radius 1 is 1.12 bits per heavy atom. The fraction of sp³-hybridized carbons (Fsp3) is 0.391. The standard InChI is InChI=1S/C23H29N9OS/c1-15-13-21(29-28-15)32(24)20-14-19(31-11-9-30(2)10-12-31)26-23(27-20)34-18-7-5-17(6-8-18)25-22(33)16-3-4-16/h5-8,13-14,16H,3-4,9-12,24H2,1-2H3,(H,25,33)(H,28,29). The number of piperazine rings is 1. The van der Waals surface area contributed by atoms with Crippen molar-refractivity contribution in [2.24, 2.45) is 11.8 Å². The van der Waals surface area contributed by atoms with Crippen molar-refractivity contribution in [3.05, 3.63) is 42.1 Å². The molecule has 2 aliphatic rings. The van der Waals surface area contributed by atoms with Gasteiger partial charge in [-0.3, -0.25) is 9.89 Å². The summed E-state index contributed by atoms with van der Waals surface area (Å²) < 4.78 is 0. The Morgan fingerprint density at radius 2 is 1.85 bits per heavy atom. The van der Waals surface area contributed by atoms with Crippen molar-refractivity contribution >= 4 is 40.8 Å². The fourth-order valence-electron chi connectivity index (χ4n) is 3.71. The average molecular weight is 480 g/mol. The van der Waals surface area contributed by atoms with Crippen LogP contribution in [0.2, 0.25) is 0 Å². The second-order valence-corrected chi connectivity index (χ2v) is 9.87. The van der Waals surface area contributed by atoms with Gasteiger partial charge in [-0.2, -0.15) is 5.10 Å². The number of carbonyl (C=O) groups is 1. The van der Waals surface area contributed by atoms with Crippen LogP contribution in [0.3, 0.4) is 0 Å². The van der Waals surface area contributed by atoms with Gasteiger partial charge in [0.2, 0.25) is 5.91 Å². The molecule has 2 fully saturated rings. The molecule has 1 saturated heterocycles. The molecule has 1 aliphatic heterocycles. The van der Waals surface area contributed by atoms with Crippen LogP contribution in [0.15, 0.2) is 46.5 Å². The zero-order valence-corrected chi connectivity index (χ0v) is 20.2. The molecule has 1 saturated carbocycles. The second-order valence-electron chi connectivity index (χ2n) is 8.83. The number of aromatic amines is 1. The van der Waals surface area contributed by atoms with Crippen LogP contribution >= 0.6 is 11.8 Å². The van der Waals surface area contributed by atoms with E-state index in [1.165, 1.54) is 16.8 Å². The van der Waals surface area contributed by atoms with Gasteiger partial charge in [-0.15, -0.1) is 0 Å². The number of hydrogen-bond acceptors (Lipinski definition) is 9. The molecule has 1 aromatic carbocycles. The molecule has 0 spiro atoms. The largest absolute Gasteiger partial charge is 0.354 e. The number of carbonyl (C=O) groups excluding carboxylic acids is 1. The maximum Gasteiger partial charge on any atom is 0.227 e. The van der Waals surface area contributed by atoms with Gasteiger partial charge in [-0.05, 0) is 62.8 Å². The molecule has 1 amide bonds. The molecular formula is C23H29N9OS. The molecule has 34 heavy (non-hydrogen) atoms. The maximum atomic E-state index is 12.0. The minimum absolute atomic E-state index is 0.102. The molecule has 0 bridgehead atoms. The zero-order chi connectivity index (χ0) is 23.7. The van der Waals surface area contributed by atoms with E-state index in [1.807, 2.05) is 43.3 Å². The summed E-state index contributed by atoms with van der Waals surface area (Å²) in [6, 6.07) is 11.5. The Morgan fingerprint density at radius 3 is 2.50 bits per heavy atom. The van der Waals surface area contributed by atoms with Crippen molar-refractivity contribution in [2.75, 3.05) is 48.5 Å². The van der Waals surface area contributed by atoms with Gasteiger partial charge < -0.3 is 15.1 Å². The van der Waals surface area contributed by atoms with Crippen LogP contribution in [0, 0.1) is 12.8 Å². The van der Waals surface area contributed by atoms with Gasteiger partial charge in [0.1, 0.15) is 5.82 Å². The van der Waals surface area contributed by atoms with Crippen molar-refractivity contribution in [1.82, 2.24) is 25.1 Å². The van der Waals surface area contributed by atoms with Gasteiger partial charge in [0, 0.05) is 60.5 Å². The minimum Gasteiger partial charge on any atom is -0.354 e. The first-order chi connectivity index (χ1) is 16.4. The van der Waals surface area contributed by atoms with E-state index in [4.69, 9.17) is 15.8 Å². The number of nitrogens with one attached hydrogen (secondary N) is 2. The number of aromatic nitrogens is 4. The molecule has 1 aliphatic carbocycles. The number of nitrogens with two attached hydrogens (primary N) is 1. The molecule has 0 unspecified atom stereocenters. The third-order valence-electron chi connectivity index (χ3n) is 5.97. The molecule has 0 atom stereocenters. The topological polar surface area (TPSA) is 119 Å². The lowest BCUT2D eigenvalue weighted by atomic mass is 10.3. The molecule has 10 nitrogen and oxygen atoms in total. The number of nitrogens with zero attached hydrogens (tertiary/aromatic N) is 6. The molecule has 2 aromatic heterocycles. The number of aryl methyl sites for hydroxylation is 1. The zero-order valence-electron chi connectivity index (χ0n) is 19.4. The summed E-state index contributed by atoms with van der Waals surface area (Å²) in [5, 5.41) is 12.2. The third kappa shape index (κ3) is 5.32. The number of rotatable bonds is 7. The van der Waals surface area contributed by atoms with Gasteiger partial charge in [-0.25, -0.2) is 20.8 Å². The lowest BCUT2D eigenvalue weighted by molar-refractivity contribution is -0.117. The molecule has 3 heterocycles. The number of anilines is 4. The summed E-state index contributed by atoms with van der Waals surface area (Å²) >= 11 is 1.46. The van der Waals surface area contributed by atoms with E-state index in [-0.39, 0.29) is 11.8 Å². The van der Waals surface area contributed by atoms with Crippen LogP contribution in [0.1, 0.15) is 18.5 Å². The van der Waals surface area contributed by atoms with Crippen molar-refractivity contribution in [2.45, 2.75) is 29.8 Å². The normalized spacial score (nSPS) is 16.5. The minimum atomic E-state index is 0.102. The first kappa shape index (κ1) is 22.6. The lowest BCUT2D eigenvalue weighted by Crippen LogP contribution is -2.45. The number of hydrogen-bond donors (Lipinski definition) is 3. The van der Waals surface area contributed by atoms with E-state index in [0.29, 0.717) is 16.8 Å². The molecular weight excluding hydrogens is 450 g/mol. The van der Waals surface area contributed by atoms with Crippen molar-refractivity contribution < 1.29 is 4.79 Å². The molecule has 5 rings (SSSR count). The summed E-state index contributed by atoms with van der Waals surface area (Å²) in [6.07, 6.45) is 1.97. The molecule has 11 heteroatoms. The first-order valence-corrected chi connectivity index (χ1v) is 12.2. The smallest absolute Gasteiger partial charge is 0.227 e. The second kappa shape index (κ2) is 9.61. The Bertz CT molecular complexity index is 1150. The highest BCUT2D eigenvalue weighted by atomic mass is 32.2. The summed E-state index contributed by atoms with van der Waals surface area (Å²) in [5.74, 6) is 8.68. The predicted molar refractivity (Wildman–Crippen MR) is 133 cm³/mol. The van der Waals surface area contributed by atoms with Gasteiger partial charge in [0.05, 0.1) is 0 Å². The summed E-state index contributed by atoms with van der Waals surface area (Å²) in [4.78, 5) is 27.1. The maximum absolute atomic E-state index is 12.0. The predicted octanol–water partition coefficient (Wildman–Crippen LogP) is 2.77. The van der Waals surface area contributed by atoms with Crippen LogP contribution in [0.25, 0.3) is 0 Å². The van der Waals surface area contributed by atoms with E-state index in [2.05, 4.69) is 32.4 Å². The van der Waals surface area contributed by atoms with Gasteiger partial charge in [0.15, 0.2) is 16.8 Å². The monoisotopic (exact) mass is 479 g/mol. The Hall–Kier alpha value is -3.15. The van der Waals surface area contributed by atoms with Gasteiger partial charge >= 0.3 is 0 Å². The van der Waals surface area contributed by atoms with E-state index in [1.54, 1.807) is 0 Å². The highest BCUT2D eigenvalue weighted by Gasteiger charge is 2.29. The van der Waals surface area contributed by atoms with Gasteiger partial charge in [0.25, 0.3) is 0 Å². The fourth-order valence-corrected chi connectivity index (χ4v) is 4.47. The highest BCUT2D eigenvalue weighted by Crippen LogP contribution is 2.32. The Labute approximate surface area is 202 Å². The van der Waals surface area contributed by atoms with E-state index in [0.717, 1.165) is 61.1 Å². The SMILES string of the molecule is Cc1cc(N(N)c2cc(N3CCN(C)CC3)nc(Sc3ccc(NC(=O)C4CC4)cc3)n2)n[nH]1. The number of likely N-dealkylation sites (N-methyl/N-ethyl adjacent to an activating group) is 1. The molecule has 0 radical (unpaired) electrons. The quantitative estimate of drug-likeness (QED) is 0.267. The van der Waals surface area contributed by atoms with Crippen LogP contribution in [0.4, 0.5) is 23.1 Å². The number of benzene rings is 1. The van der Waals surface area contributed by atoms with Crippen LogP contribution < -0.4 is 21.1 Å². The third-order valence-corrected chi connectivity index (χ3v) is 6.84. The van der Waals surface area contributed by atoms with Crippen molar-refractivity contribution in [1.29, 1.82) is 0 Å². The molecule has 4 N–H and O–H groups in total. The Balaban J connectivity index is 1.38. The van der Waals surface area contributed by atoms with Crippen LogP contribution in [-0.2, 0) is 4.79 Å². The summed E-state index contributed by atoms with van der Waals surface area (Å²) in [6.45, 7) is 5.65. The molecule has 178 valence electrons. The van der Waals surface area contributed by atoms with Gasteiger partial charge in [-0.1, -0.05) is 0 Å². The number of hydrazine groups is 1. The van der Waals surface area contributed by atoms with E-state index < -0.39 is 0 Å². The Kier molecular flexibility index (Phi) is 6.40. The molecule has 3 aromatic rings. The average Bonchev–Trinajstić information content (AvgIpc) is 3.61. The lowest BCUT2D eigenvalue weighted by Gasteiger charge is -2.33. The number of H-pyrrole nitrogens is 1. The van der Waals surface area contributed by atoms with E-state index in [9.17, 15) is 4.79 Å².